The van der Waals surface area contributed by atoms with E-state index in [0.717, 1.165) is 12.5 Å². The largest absolute Gasteiger partial charge is 0.501 e. The minimum Gasteiger partial charge on any atom is -0.374 e. The first-order valence-corrected chi connectivity index (χ1v) is 18.0. The lowest BCUT2D eigenvalue weighted by Crippen LogP contribution is -2.48. The first kappa shape index (κ1) is 35.1. The molecule has 1 atom stereocenters. The van der Waals surface area contributed by atoms with Gasteiger partial charge in [-0.05, 0) is 33.6 Å². The summed E-state index contributed by atoms with van der Waals surface area (Å²) in [7, 11) is -2.54. The van der Waals surface area contributed by atoms with E-state index in [-0.39, 0.29) is 6.10 Å². The van der Waals surface area contributed by atoms with Crippen molar-refractivity contribution in [1.82, 2.24) is 0 Å². The topological polar surface area (TPSA) is 27.7 Å². The van der Waals surface area contributed by atoms with Gasteiger partial charge in [0.15, 0.2) is 0 Å². The van der Waals surface area contributed by atoms with Crippen LogP contribution in [-0.2, 0) is 13.3 Å². The Morgan fingerprint density at radius 2 is 0.800 bits per heavy atom. The van der Waals surface area contributed by atoms with Crippen LogP contribution in [0, 0.1) is 0 Å². The lowest BCUT2D eigenvalue weighted by Gasteiger charge is -2.32. The second-order valence-electron chi connectivity index (χ2n) is 10.7. The fraction of sp³-hybridized carbons (Fsp3) is 1.00. The average molecular weight is 515 g/mol. The maximum Gasteiger partial charge on any atom is 0.501 e. The molecular formula is C31H66O3Si. The van der Waals surface area contributed by atoms with Gasteiger partial charge in [-0.1, -0.05) is 142 Å². The molecule has 0 N–H and O–H groups in total. The van der Waals surface area contributed by atoms with Gasteiger partial charge in [0.2, 0.25) is 0 Å². The van der Waals surface area contributed by atoms with Gasteiger partial charge in [0.05, 0.1) is 0 Å². The number of rotatable bonds is 29. The first-order chi connectivity index (χ1) is 17.1. The minimum atomic E-state index is -2.54. The van der Waals surface area contributed by atoms with Crippen molar-refractivity contribution in [1.29, 1.82) is 0 Å². The van der Waals surface area contributed by atoms with Crippen LogP contribution in [0.15, 0.2) is 0 Å². The van der Waals surface area contributed by atoms with Crippen molar-refractivity contribution in [2.75, 3.05) is 13.2 Å². The molecule has 3 nitrogen and oxygen atoms in total. The molecule has 0 fully saturated rings. The smallest absolute Gasteiger partial charge is 0.374 e. The fourth-order valence-electron chi connectivity index (χ4n) is 5.04. The number of unbranched alkanes of at least 4 members (excludes halogenated alkanes) is 19. The third-order valence-electron chi connectivity index (χ3n) is 7.16. The maximum atomic E-state index is 6.56. The van der Waals surface area contributed by atoms with Crippen LogP contribution in [0.5, 0.6) is 0 Å². The predicted molar refractivity (Wildman–Crippen MR) is 157 cm³/mol. The fourth-order valence-corrected chi connectivity index (χ4v) is 7.96. The Bertz CT molecular complexity index is 399. The summed E-state index contributed by atoms with van der Waals surface area (Å²) in [5, 5.41) is 0. The Morgan fingerprint density at radius 1 is 0.457 bits per heavy atom. The van der Waals surface area contributed by atoms with Gasteiger partial charge in [-0.25, -0.2) is 0 Å². The Kier molecular flexibility index (Phi) is 27.2. The number of hydrogen-bond donors (Lipinski definition) is 0. The standard InChI is InChI=1S/C31H66O3Si/c1-6-10-12-14-16-17-18-19-20-21-22-23-24-25-27-29-31(5)34-35(32-8-3,33-9-4)30-28-26-15-13-11-7-2/h31H,6-30H2,1-5H3. The van der Waals surface area contributed by atoms with Crippen LogP contribution in [0.1, 0.15) is 176 Å². The molecule has 0 rings (SSSR count). The second kappa shape index (κ2) is 27.1. The van der Waals surface area contributed by atoms with Crippen molar-refractivity contribution in [2.45, 2.75) is 188 Å². The van der Waals surface area contributed by atoms with Gasteiger partial charge in [0.1, 0.15) is 0 Å². The van der Waals surface area contributed by atoms with Crippen molar-refractivity contribution < 1.29 is 13.3 Å². The molecule has 0 saturated carbocycles. The summed E-state index contributed by atoms with van der Waals surface area (Å²) in [6, 6.07) is 0.976. The van der Waals surface area contributed by atoms with E-state index in [4.69, 9.17) is 13.3 Å². The van der Waals surface area contributed by atoms with E-state index in [1.165, 1.54) is 135 Å². The van der Waals surface area contributed by atoms with Crippen LogP contribution in [0.3, 0.4) is 0 Å². The monoisotopic (exact) mass is 514 g/mol. The molecule has 0 bridgehead atoms. The van der Waals surface area contributed by atoms with Crippen LogP contribution in [-0.4, -0.2) is 28.1 Å². The highest BCUT2D eigenvalue weighted by molar-refractivity contribution is 6.60. The zero-order valence-corrected chi connectivity index (χ0v) is 26.0. The molecule has 0 aromatic carbocycles. The van der Waals surface area contributed by atoms with Gasteiger partial charge in [0, 0.05) is 25.4 Å². The Balaban J connectivity index is 3.85. The van der Waals surface area contributed by atoms with E-state index in [0.29, 0.717) is 13.2 Å². The molecule has 0 aliphatic heterocycles. The highest BCUT2D eigenvalue weighted by Gasteiger charge is 2.41. The van der Waals surface area contributed by atoms with Gasteiger partial charge in [0.25, 0.3) is 0 Å². The lowest BCUT2D eigenvalue weighted by molar-refractivity contribution is 0.0342. The minimum absolute atomic E-state index is 0.238. The van der Waals surface area contributed by atoms with Crippen LogP contribution in [0.2, 0.25) is 6.04 Å². The van der Waals surface area contributed by atoms with Crippen molar-refractivity contribution in [3.63, 3.8) is 0 Å². The van der Waals surface area contributed by atoms with Gasteiger partial charge in [-0.15, -0.1) is 0 Å². The summed E-state index contributed by atoms with van der Waals surface area (Å²) < 4.78 is 18.9. The Morgan fingerprint density at radius 3 is 1.17 bits per heavy atom. The van der Waals surface area contributed by atoms with E-state index >= 15 is 0 Å². The van der Waals surface area contributed by atoms with Crippen molar-refractivity contribution >= 4 is 8.80 Å². The van der Waals surface area contributed by atoms with E-state index in [2.05, 4.69) is 34.6 Å². The predicted octanol–water partition coefficient (Wildman–Crippen LogP) is 11.0. The second-order valence-corrected chi connectivity index (χ2v) is 13.4. The normalized spacial score (nSPS) is 12.9. The van der Waals surface area contributed by atoms with Crippen LogP contribution in [0.4, 0.5) is 0 Å². The van der Waals surface area contributed by atoms with E-state index in [9.17, 15) is 0 Å². The molecular weight excluding hydrogens is 448 g/mol. The van der Waals surface area contributed by atoms with E-state index < -0.39 is 8.80 Å². The first-order valence-electron chi connectivity index (χ1n) is 16.1. The molecule has 0 aromatic rings. The average Bonchev–Trinajstić information content (AvgIpc) is 2.84. The van der Waals surface area contributed by atoms with E-state index in [1.807, 2.05) is 0 Å². The van der Waals surface area contributed by atoms with Crippen LogP contribution in [0.25, 0.3) is 0 Å². The zero-order chi connectivity index (χ0) is 25.9. The molecule has 4 heteroatoms. The van der Waals surface area contributed by atoms with Crippen LogP contribution >= 0.6 is 0 Å². The molecule has 0 aliphatic rings. The zero-order valence-electron chi connectivity index (χ0n) is 25.0. The van der Waals surface area contributed by atoms with Crippen molar-refractivity contribution in [3.8, 4) is 0 Å². The highest BCUT2D eigenvalue weighted by Crippen LogP contribution is 2.24. The SMILES string of the molecule is CCCCCCCCCCCCCCCCCC(C)O[Si](CCCCCCCC)(OCC)OCC. The molecule has 0 radical (unpaired) electrons. The van der Waals surface area contributed by atoms with Crippen LogP contribution < -0.4 is 0 Å². The summed E-state index contributed by atoms with van der Waals surface area (Å²) in [5.74, 6) is 0. The summed E-state index contributed by atoms with van der Waals surface area (Å²) >= 11 is 0. The third kappa shape index (κ3) is 23.0. The van der Waals surface area contributed by atoms with Gasteiger partial charge in [-0.2, -0.15) is 0 Å². The quantitative estimate of drug-likeness (QED) is 0.0733. The summed E-state index contributed by atoms with van der Waals surface area (Å²) in [5.41, 5.74) is 0. The summed E-state index contributed by atoms with van der Waals surface area (Å²) in [6.07, 6.45) is 30.3. The maximum absolute atomic E-state index is 6.56. The molecule has 0 heterocycles. The van der Waals surface area contributed by atoms with Crippen molar-refractivity contribution in [2.24, 2.45) is 0 Å². The third-order valence-corrected chi connectivity index (χ3v) is 10.3. The Labute approximate surface area is 223 Å². The van der Waals surface area contributed by atoms with Gasteiger partial charge >= 0.3 is 8.80 Å². The summed E-state index contributed by atoms with van der Waals surface area (Å²) in [6.45, 7) is 12.3. The molecule has 35 heavy (non-hydrogen) atoms. The molecule has 0 spiro atoms. The molecule has 212 valence electrons. The van der Waals surface area contributed by atoms with Gasteiger partial charge in [-0.3, -0.25) is 0 Å². The van der Waals surface area contributed by atoms with E-state index in [1.54, 1.807) is 0 Å². The molecule has 0 aromatic heterocycles. The van der Waals surface area contributed by atoms with Crippen molar-refractivity contribution in [3.05, 3.63) is 0 Å². The number of hydrogen-bond acceptors (Lipinski definition) is 3. The lowest BCUT2D eigenvalue weighted by atomic mass is 10.0. The van der Waals surface area contributed by atoms with Gasteiger partial charge < -0.3 is 13.3 Å². The molecule has 1 unspecified atom stereocenters. The molecule has 0 saturated heterocycles. The Hall–Kier alpha value is 0.0969. The highest BCUT2D eigenvalue weighted by atomic mass is 28.4. The molecule has 0 aliphatic carbocycles. The summed E-state index contributed by atoms with van der Waals surface area (Å²) in [4.78, 5) is 0. The molecule has 0 amide bonds.